The molecular weight excluding hydrogens is 447 g/mol. The molecule has 2 rings (SSSR count). The summed E-state index contributed by atoms with van der Waals surface area (Å²) in [6.45, 7) is 4.64. The molecule has 1 aromatic heterocycles. The molecule has 0 unspecified atom stereocenters. The third-order valence-electron chi connectivity index (χ3n) is 3.38. The Kier molecular flexibility index (Phi) is 10.4. The maximum absolute atomic E-state index is 11.9. The van der Waals surface area contributed by atoms with E-state index < -0.39 is 0 Å². The number of carbonyl (C=O) groups is 1. The van der Waals surface area contributed by atoms with Crippen LogP contribution in [-0.4, -0.2) is 38.7 Å². The number of aliphatic imine (C=N–C) groups is 1. The van der Waals surface area contributed by atoms with Crippen molar-refractivity contribution in [1.29, 1.82) is 0 Å². The van der Waals surface area contributed by atoms with Crippen molar-refractivity contribution in [3.63, 3.8) is 0 Å². The number of amides is 1. The van der Waals surface area contributed by atoms with E-state index in [0.717, 1.165) is 11.5 Å². The zero-order valence-corrected chi connectivity index (χ0v) is 17.3. The zero-order chi connectivity index (χ0) is 17.9. The van der Waals surface area contributed by atoms with Crippen LogP contribution in [0.5, 0.6) is 0 Å². The second-order valence-corrected chi connectivity index (χ2v) is 5.18. The number of nitrogens with zero attached hydrogens (tertiary/aromatic N) is 1. The summed E-state index contributed by atoms with van der Waals surface area (Å²) >= 11 is 0. The second-order valence-electron chi connectivity index (χ2n) is 5.18. The average Bonchev–Trinajstić information content (AvgIpc) is 3.17. The normalized spacial score (nSPS) is 10.8. The minimum Gasteiger partial charge on any atom is -0.459 e. The van der Waals surface area contributed by atoms with Crippen LogP contribution in [0.25, 0.3) is 0 Å². The van der Waals surface area contributed by atoms with E-state index in [2.05, 4.69) is 20.9 Å². The van der Waals surface area contributed by atoms with E-state index in [0.29, 0.717) is 32.0 Å². The number of hydrogen-bond acceptors (Lipinski definition) is 4. The number of hydrogen-bond donors (Lipinski definition) is 3. The van der Waals surface area contributed by atoms with Crippen LogP contribution in [0, 0.1) is 0 Å². The number of rotatable bonds is 8. The van der Waals surface area contributed by atoms with E-state index in [9.17, 15) is 4.79 Å². The number of ether oxygens (including phenoxy) is 1. The van der Waals surface area contributed by atoms with Crippen LogP contribution in [0.3, 0.4) is 0 Å². The molecule has 1 heterocycles. The molecule has 0 saturated heterocycles. The van der Waals surface area contributed by atoms with Gasteiger partial charge in [0.2, 0.25) is 0 Å². The molecule has 8 heteroatoms. The van der Waals surface area contributed by atoms with E-state index in [1.54, 1.807) is 19.2 Å². The molecule has 0 aliphatic heterocycles. The van der Waals surface area contributed by atoms with Gasteiger partial charge >= 0.3 is 0 Å². The summed E-state index contributed by atoms with van der Waals surface area (Å²) in [5, 5.41) is 9.18. The highest BCUT2D eigenvalue weighted by Gasteiger charge is 2.08. The topological polar surface area (TPSA) is 87.9 Å². The van der Waals surface area contributed by atoms with Gasteiger partial charge < -0.3 is 25.1 Å². The van der Waals surface area contributed by atoms with Crippen molar-refractivity contribution in [2.75, 3.05) is 32.1 Å². The van der Waals surface area contributed by atoms with Gasteiger partial charge in [0, 0.05) is 32.4 Å². The second kappa shape index (κ2) is 12.3. The molecule has 0 saturated carbocycles. The summed E-state index contributed by atoms with van der Waals surface area (Å²) in [5.41, 5.74) is 1.79. The first kappa shape index (κ1) is 22.0. The molecule has 142 valence electrons. The molecule has 26 heavy (non-hydrogen) atoms. The lowest BCUT2D eigenvalue weighted by Crippen LogP contribution is -2.38. The summed E-state index contributed by atoms with van der Waals surface area (Å²) in [4.78, 5) is 16.1. The van der Waals surface area contributed by atoms with Crippen LogP contribution in [0.2, 0.25) is 0 Å². The van der Waals surface area contributed by atoms with Crippen LogP contribution in [0.4, 0.5) is 5.69 Å². The fraction of sp³-hybridized carbons (Fsp3) is 0.333. The first-order chi connectivity index (χ1) is 12.2. The van der Waals surface area contributed by atoms with Gasteiger partial charge in [-0.15, -0.1) is 24.0 Å². The van der Waals surface area contributed by atoms with Crippen molar-refractivity contribution in [2.45, 2.75) is 13.5 Å². The molecule has 0 fully saturated rings. The molecule has 0 radical (unpaired) electrons. The van der Waals surface area contributed by atoms with Crippen LogP contribution in [-0.2, 0) is 11.3 Å². The minimum atomic E-state index is -0.269. The molecule has 0 atom stereocenters. The van der Waals surface area contributed by atoms with Gasteiger partial charge in [0.05, 0.1) is 12.9 Å². The molecule has 0 aliphatic carbocycles. The summed E-state index contributed by atoms with van der Waals surface area (Å²) in [6.07, 6.45) is 1.47. The van der Waals surface area contributed by atoms with Gasteiger partial charge in [0.1, 0.15) is 0 Å². The molecule has 0 aliphatic rings. The lowest BCUT2D eigenvalue weighted by Gasteiger charge is -2.12. The third-order valence-corrected chi connectivity index (χ3v) is 3.38. The largest absolute Gasteiger partial charge is 0.459 e. The quantitative estimate of drug-likeness (QED) is 0.238. The van der Waals surface area contributed by atoms with Crippen molar-refractivity contribution in [2.24, 2.45) is 4.99 Å². The summed E-state index contributed by atoms with van der Waals surface area (Å²) < 4.78 is 10.3. The minimum absolute atomic E-state index is 0. The fourth-order valence-corrected chi connectivity index (χ4v) is 2.10. The number of nitrogens with one attached hydrogen (secondary N) is 3. The first-order valence-corrected chi connectivity index (χ1v) is 8.19. The highest BCUT2D eigenvalue weighted by atomic mass is 127. The Hall–Kier alpha value is -2.07. The molecule has 0 spiro atoms. The Bertz CT molecular complexity index is 672. The average molecular weight is 472 g/mol. The van der Waals surface area contributed by atoms with Crippen LogP contribution < -0.4 is 16.0 Å². The van der Waals surface area contributed by atoms with Gasteiger partial charge in [-0.2, -0.15) is 0 Å². The lowest BCUT2D eigenvalue weighted by molar-refractivity contribution is 0.0996. The van der Waals surface area contributed by atoms with Crippen molar-refractivity contribution in [3.8, 4) is 0 Å². The van der Waals surface area contributed by atoms with Gasteiger partial charge in [-0.3, -0.25) is 9.79 Å². The summed E-state index contributed by atoms with van der Waals surface area (Å²) in [7, 11) is 1.73. The van der Waals surface area contributed by atoms with Crippen molar-refractivity contribution in [1.82, 2.24) is 10.6 Å². The number of furan rings is 1. The maximum atomic E-state index is 11.9. The Morgan fingerprint density at radius 3 is 2.58 bits per heavy atom. The molecule has 2 aromatic rings. The molecule has 3 N–H and O–H groups in total. The van der Waals surface area contributed by atoms with E-state index in [4.69, 9.17) is 9.15 Å². The smallest absolute Gasteiger partial charge is 0.291 e. The molecule has 1 aromatic carbocycles. The zero-order valence-electron chi connectivity index (χ0n) is 15.0. The SMILES string of the molecule is CCOCCNC(=NC)NCc1ccc(NC(=O)c2ccco2)cc1.I. The number of benzene rings is 1. The first-order valence-electron chi connectivity index (χ1n) is 8.19. The van der Waals surface area contributed by atoms with Gasteiger partial charge in [0.15, 0.2) is 11.7 Å². The van der Waals surface area contributed by atoms with Crippen molar-refractivity contribution >= 4 is 41.5 Å². The van der Waals surface area contributed by atoms with Crippen molar-refractivity contribution < 1.29 is 13.9 Å². The van der Waals surface area contributed by atoms with Gasteiger partial charge in [0.25, 0.3) is 5.91 Å². The molecular formula is C18H25IN4O3. The van der Waals surface area contributed by atoms with E-state index in [-0.39, 0.29) is 35.6 Å². The Morgan fingerprint density at radius 1 is 1.19 bits per heavy atom. The fourth-order valence-electron chi connectivity index (χ4n) is 2.10. The van der Waals surface area contributed by atoms with Crippen LogP contribution in [0.1, 0.15) is 23.0 Å². The Balaban J connectivity index is 0.00000338. The van der Waals surface area contributed by atoms with E-state index in [1.165, 1.54) is 6.26 Å². The van der Waals surface area contributed by atoms with Gasteiger partial charge in [-0.1, -0.05) is 12.1 Å². The monoisotopic (exact) mass is 472 g/mol. The van der Waals surface area contributed by atoms with Gasteiger partial charge in [-0.05, 0) is 36.8 Å². The molecule has 1 amide bonds. The lowest BCUT2D eigenvalue weighted by atomic mass is 10.2. The van der Waals surface area contributed by atoms with E-state index in [1.807, 2.05) is 31.2 Å². The Morgan fingerprint density at radius 2 is 1.96 bits per heavy atom. The molecule has 7 nitrogen and oxygen atoms in total. The third kappa shape index (κ3) is 7.44. The number of carbonyl (C=O) groups excluding carboxylic acids is 1. The van der Waals surface area contributed by atoms with Crippen LogP contribution in [0.15, 0.2) is 52.1 Å². The van der Waals surface area contributed by atoms with Crippen LogP contribution >= 0.6 is 24.0 Å². The summed E-state index contributed by atoms with van der Waals surface area (Å²) in [6, 6.07) is 10.9. The number of guanidine groups is 1. The highest BCUT2D eigenvalue weighted by Crippen LogP contribution is 2.11. The Labute approximate surface area is 170 Å². The predicted octanol–water partition coefficient (Wildman–Crippen LogP) is 2.85. The standard InChI is InChI=1S/C18H24N4O3.HI/c1-3-24-12-10-20-18(19-2)21-13-14-6-8-15(9-7-14)22-17(23)16-5-4-11-25-16;/h4-9,11H,3,10,12-13H2,1-2H3,(H,22,23)(H2,19,20,21);1H. The van der Waals surface area contributed by atoms with Gasteiger partial charge in [-0.25, -0.2) is 0 Å². The summed E-state index contributed by atoms with van der Waals surface area (Å²) in [5.74, 6) is 0.734. The number of halogens is 1. The predicted molar refractivity (Wildman–Crippen MR) is 113 cm³/mol. The van der Waals surface area contributed by atoms with Crippen molar-refractivity contribution in [3.05, 3.63) is 54.0 Å². The number of anilines is 1. The highest BCUT2D eigenvalue weighted by molar-refractivity contribution is 14.0. The maximum Gasteiger partial charge on any atom is 0.291 e. The van der Waals surface area contributed by atoms with E-state index >= 15 is 0 Å². The molecule has 0 bridgehead atoms.